The maximum Gasteiger partial charge on any atom is 0.573 e. The minimum absolute atomic E-state index is 0.115. The van der Waals surface area contributed by atoms with Gasteiger partial charge in [0.1, 0.15) is 17.6 Å². The van der Waals surface area contributed by atoms with Crippen LogP contribution in [0.25, 0.3) is 0 Å². The standard InChI is InChI=1S/C22H24F3NO3/c1-16(28-18-8-4-2-5-9-18)20-10-6-3-7-15-26(20)21(27)17-11-13-19(14-12-17)29-22(23,24)25/h2,4-5,8-9,11-14,16,20H,3,6-7,10,15H2,1H3. The van der Waals surface area contributed by atoms with Crippen molar-refractivity contribution in [2.75, 3.05) is 6.54 Å². The number of carbonyl (C=O) groups is 1. The number of rotatable bonds is 5. The Labute approximate surface area is 168 Å². The van der Waals surface area contributed by atoms with Gasteiger partial charge in [0.2, 0.25) is 0 Å². The molecule has 1 fully saturated rings. The maximum atomic E-state index is 13.1. The monoisotopic (exact) mass is 407 g/mol. The summed E-state index contributed by atoms with van der Waals surface area (Å²) < 4.78 is 47.0. The molecular weight excluding hydrogens is 383 g/mol. The Hall–Kier alpha value is -2.70. The average molecular weight is 407 g/mol. The molecule has 4 nitrogen and oxygen atoms in total. The first-order chi connectivity index (χ1) is 13.8. The number of carbonyl (C=O) groups excluding carboxylic acids is 1. The quantitative estimate of drug-likeness (QED) is 0.663. The first-order valence-corrected chi connectivity index (χ1v) is 9.72. The highest BCUT2D eigenvalue weighted by molar-refractivity contribution is 5.94. The molecule has 1 aliphatic rings. The molecule has 2 aromatic rings. The van der Waals surface area contributed by atoms with E-state index in [1.165, 1.54) is 12.1 Å². The van der Waals surface area contributed by atoms with Gasteiger partial charge in [-0.15, -0.1) is 13.2 Å². The molecule has 29 heavy (non-hydrogen) atoms. The SMILES string of the molecule is CC(Oc1ccccc1)C1CCCCCN1C(=O)c1ccc(OC(F)(F)F)cc1. The molecule has 2 unspecified atom stereocenters. The molecule has 2 aromatic carbocycles. The van der Waals surface area contributed by atoms with Crippen LogP contribution >= 0.6 is 0 Å². The van der Waals surface area contributed by atoms with Crippen molar-refractivity contribution in [1.29, 1.82) is 0 Å². The van der Waals surface area contributed by atoms with Crippen LogP contribution in [0.4, 0.5) is 13.2 Å². The molecule has 1 aliphatic heterocycles. The molecule has 3 rings (SSSR count). The highest BCUT2D eigenvalue weighted by Gasteiger charge is 2.33. The number of amides is 1. The Morgan fingerprint density at radius 2 is 1.69 bits per heavy atom. The van der Waals surface area contributed by atoms with E-state index in [-0.39, 0.29) is 23.8 Å². The summed E-state index contributed by atoms with van der Waals surface area (Å²) in [5.74, 6) is 0.187. The number of benzene rings is 2. The van der Waals surface area contributed by atoms with Crippen molar-refractivity contribution in [2.45, 2.75) is 51.1 Å². The normalized spacial score (nSPS) is 18.6. The van der Waals surface area contributed by atoms with Crippen molar-refractivity contribution in [3.63, 3.8) is 0 Å². The highest BCUT2D eigenvalue weighted by atomic mass is 19.4. The first-order valence-electron chi connectivity index (χ1n) is 9.72. The van der Waals surface area contributed by atoms with Crippen molar-refractivity contribution in [3.8, 4) is 11.5 Å². The second-order valence-corrected chi connectivity index (χ2v) is 7.12. The largest absolute Gasteiger partial charge is 0.573 e. The molecule has 0 radical (unpaired) electrons. The smallest absolute Gasteiger partial charge is 0.489 e. The Bertz CT molecular complexity index is 793. The lowest BCUT2D eigenvalue weighted by Gasteiger charge is -2.34. The lowest BCUT2D eigenvalue weighted by atomic mass is 10.0. The van der Waals surface area contributed by atoms with Crippen LogP contribution in [0, 0.1) is 0 Å². The lowest BCUT2D eigenvalue weighted by Crippen LogP contribution is -2.47. The van der Waals surface area contributed by atoms with Crippen LogP contribution in [0.2, 0.25) is 0 Å². The number of halogens is 3. The summed E-state index contributed by atoms with van der Waals surface area (Å²) in [6, 6.07) is 14.4. The molecule has 0 bridgehead atoms. The van der Waals surface area contributed by atoms with Crippen molar-refractivity contribution >= 4 is 5.91 Å². The highest BCUT2D eigenvalue weighted by Crippen LogP contribution is 2.26. The van der Waals surface area contributed by atoms with Gasteiger partial charge >= 0.3 is 6.36 Å². The van der Waals surface area contributed by atoms with Gasteiger partial charge in [0.25, 0.3) is 5.91 Å². The predicted molar refractivity (Wildman–Crippen MR) is 103 cm³/mol. The molecule has 2 atom stereocenters. The molecule has 0 aromatic heterocycles. The van der Waals surface area contributed by atoms with Gasteiger partial charge in [0, 0.05) is 12.1 Å². The second-order valence-electron chi connectivity index (χ2n) is 7.12. The number of alkyl halides is 3. The van der Waals surface area contributed by atoms with Crippen molar-refractivity contribution in [3.05, 3.63) is 60.2 Å². The molecule has 0 aliphatic carbocycles. The van der Waals surface area contributed by atoms with Gasteiger partial charge in [-0.3, -0.25) is 4.79 Å². The molecule has 0 saturated carbocycles. The molecule has 7 heteroatoms. The zero-order valence-electron chi connectivity index (χ0n) is 16.2. The third-order valence-electron chi connectivity index (χ3n) is 5.00. The molecule has 1 heterocycles. The van der Waals surface area contributed by atoms with Gasteiger partial charge in [0.15, 0.2) is 0 Å². The summed E-state index contributed by atoms with van der Waals surface area (Å²) >= 11 is 0. The Balaban J connectivity index is 1.75. The van der Waals surface area contributed by atoms with Gasteiger partial charge < -0.3 is 14.4 Å². The fourth-order valence-corrected chi connectivity index (χ4v) is 3.63. The number of para-hydroxylation sites is 1. The van der Waals surface area contributed by atoms with Crippen molar-refractivity contribution in [1.82, 2.24) is 4.90 Å². The number of likely N-dealkylation sites (tertiary alicyclic amines) is 1. The second kappa shape index (κ2) is 9.20. The summed E-state index contributed by atoms with van der Waals surface area (Å²) in [4.78, 5) is 14.9. The molecular formula is C22H24F3NO3. The Morgan fingerprint density at radius 1 is 1.00 bits per heavy atom. The maximum absolute atomic E-state index is 13.1. The van der Waals surface area contributed by atoms with Crippen LogP contribution < -0.4 is 9.47 Å². The van der Waals surface area contributed by atoms with Crippen LogP contribution in [0.5, 0.6) is 11.5 Å². The van der Waals surface area contributed by atoms with E-state index in [9.17, 15) is 18.0 Å². The topological polar surface area (TPSA) is 38.8 Å². The minimum atomic E-state index is -4.76. The van der Waals surface area contributed by atoms with E-state index in [2.05, 4.69) is 4.74 Å². The number of hydrogen-bond acceptors (Lipinski definition) is 3. The van der Waals surface area contributed by atoms with E-state index in [4.69, 9.17) is 4.74 Å². The van der Waals surface area contributed by atoms with Gasteiger partial charge in [-0.05, 0) is 56.2 Å². The fraction of sp³-hybridized carbons (Fsp3) is 0.409. The van der Waals surface area contributed by atoms with Gasteiger partial charge in [-0.2, -0.15) is 0 Å². The van der Waals surface area contributed by atoms with Crippen molar-refractivity contribution < 1.29 is 27.4 Å². The van der Waals surface area contributed by atoms with Crippen LogP contribution in [0.15, 0.2) is 54.6 Å². The van der Waals surface area contributed by atoms with Crippen LogP contribution in [0.1, 0.15) is 43.0 Å². The first kappa shape index (κ1) is 21.0. The fourth-order valence-electron chi connectivity index (χ4n) is 3.63. The van der Waals surface area contributed by atoms with E-state index in [0.717, 1.165) is 43.6 Å². The van der Waals surface area contributed by atoms with E-state index in [1.54, 1.807) is 4.90 Å². The zero-order chi connectivity index (χ0) is 20.9. The summed E-state index contributed by atoms with van der Waals surface area (Å²) in [5.41, 5.74) is 0.332. The van der Waals surface area contributed by atoms with Gasteiger partial charge in [-0.1, -0.05) is 31.0 Å². The molecule has 0 spiro atoms. The summed E-state index contributed by atoms with van der Waals surface area (Å²) in [7, 11) is 0. The van der Waals surface area contributed by atoms with E-state index >= 15 is 0 Å². The lowest BCUT2D eigenvalue weighted by molar-refractivity contribution is -0.274. The third-order valence-corrected chi connectivity index (χ3v) is 5.00. The summed E-state index contributed by atoms with van der Waals surface area (Å²) in [6.45, 7) is 2.54. The van der Waals surface area contributed by atoms with E-state index in [1.807, 2.05) is 37.3 Å². The van der Waals surface area contributed by atoms with Gasteiger partial charge in [-0.25, -0.2) is 0 Å². The third kappa shape index (κ3) is 5.89. The van der Waals surface area contributed by atoms with Crippen LogP contribution in [-0.4, -0.2) is 35.9 Å². The number of hydrogen-bond donors (Lipinski definition) is 0. The minimum Gasteiger partial charge on any atom is -0.489 e. The Morgan fingerprint density at radius 3 is 2.34 bits per heavy atom. The molecule has 1 saturated heterocycles. The van der Waals surface area contributed by atoms with Gasteiger partial charge in [0.05, 0.1) is 6.04 Å². The van der Waals surface area contributed by atoms with Crippen molar-refractivity contribution in [2.24, 2.45) is 0 Å². The average Bonchev–Trinajstić information content (AvgIpc) is 2.94. The zero-order valence-corrected chi connectivity index (χ0v) is 16.2. The molecule has 156 valence electrons. The Kier molecular flexibility index (Phi) is 6.67. The number of nitrogens with zero attached hydrogens (tertiary/aromatic N) is 1. The van der Waals surface area contributed by atoms with E-state index in [0.29, 0.717) is 12.1 Å². The molecule has 1 amide bonds. The number of ether oxygens (including phenoxy) is 2. The van der Waals surface area contributed by atoms with Crippen LogP contribution in [0.3, 0.4) is 0 Å². The summed E-state index contributed by atoms with van der Waals surface area (Å²) in [6.07, 6.45) is -1.25. The summed E-state index contributed by atoms with van der Waals surface area (Å²) in [5, 5.41) is 0. The predicted octanol–water partition coefficient (Wildman–Crippen LogP) is 5.44. The molecule has 0 N–H and O–H groups in total. The van der Waals surface area contributed by atoms with E-state index < -0.39 is 6.36 Å². The van der Waals surface area contributed by atoms with Crippen LogP contribution in [-0.2, 0) is 0 Å².